The molecule has 4 nitrogen and oxygen atoms in total. The summed E-state index contributed by atoms with van der Waals surface area (Å²) >= 11 is 0. The van der Waals surface area contributed by atoms with E-state index in [2.05, 4.69) is 17.4 Å². The predicted molar refractivity (Wildman–Crippen MR) is 79.6 cm³/mol. The van der Waals surface area contributed by atoms with Crippen molar-refractivity contribution in [2.75, 3.05) is 6.61 Å². The molecule has 0 saturated heterocycles. The standard InChI is InChI=1S/C16H24N2O2/c1-10-6-13(8-18-14-4-5-14)7-11(2)15(10)20-9-12(3)16(17)19/h6-7,12,14,18H,4-5,8-9H2,1-3H3,(H2,17,19). The van der Waals surface area contributed by atoms with E-state index in [4.69, 9.17) is 10.5 Å². The van der Waals surface area contributed by atoms with Crippen LogP contribution in [0.2, 0.25) is 0 Å². The second kappa shape index (κ2) is 6.27. The van der Waals surface area contributed by atoms with Gasteiger partial charge in [0, 0.05) is 12.6 Å². The Bertz CT molecular complexity index is 472. The summed E-state index contributed by atoms with van der Waals surface area (Å²) in [6, 6.07) is 5.00. The van der Waals surface area contributed by atoms with Crippen molar-refractivity contribution in [1.29, 1.82) is 0 Å². The Morgan fingerprint density at radius 3 is 2.50 bits per heavy atom. The maximum atomic E-state index is 11.0. The van der Waals surface area contributed by atoms with E-state index in [0.29, 0.717) is 12.6 Å². The summed E-state index contributed by atoms with van der Waals surface area (Å²) in [7, 11) is 0. The van der Waals surface area contributed by atoms with Gasteiger partial charge in [-0.25, -0.2) is 0 Å². The van der Waals surface area contributed by atoms with Crippen LogP contribution in [-0.4, -0.2) is 18.6 Å². The molecule has 0 aromatic heterocycles. The van der Waals surface area contributed by atoms with Gasteiger partial charge in [0.15, 0.2) is 0 Å². The molecule has 0 aliphatic heterocycles. The van der Waals surface area contributed by atoms with Gasteiger partial charge in [-0.15, -0.1) is 0 Å². The number of ether oxygens (including phenoxy) is 1. The Kier molecular flexibility index (Phi) is 4.65. The molecule has 1 aromatic carbocycles. The monoisotopic (exact) mass is 276 g/mol. The first-order chi connectivity index (χ1) is 9.47. The molecular weight excluding hydrogens is 252 g/mol. The Morgan fingerprint density at radius 1 is 1.40 bits per heavy atom. The van der Waals surface area contributed by atoms with E-state index in [0.717, 1.165) is 23.4 Å². The molecule has 1 aliphatic rings. The largest absolute Gasteiger partial charge is 0.492 e. The van der Waals surface area contributed by atoms with Crippen molar-refractivity contribution in [3.8, 4) is 5.75 Å². The number of carbonyl (C=O) groups is 1. The number of nitrogens with two attached hydrogens (primary N) is 1. The molecule has 0 bridgehead atoms. The Balaban J connectivity index is 1.99. The van der Waals surface area contributed by atoms with Crippen molar-refractivity contribution in [3.05, 3.63) is 28.8 Å². The fourth-order valence-corrected chi connectivity index (χ4v) is 2.21. The first kappa shape index (κ1) is 14.9. The van der Waals surface area contributed by atoms with Gasteiger partial charge in [-0.3, -0.25) is 4.79 Å². The third-order valence-corrected chi connectivity index (χ3v) is 3.66. The first-order valence-corrected chi connectivity index (χ1v) is 7.23. The summed E-state index contributed by atoms with van der Waals surface area (Å²) in [4.78, 5) is 11.0. The molecule has 1 aromatic rings. The van der Waals surface area contributed by atoms with Gasteiger partial charge < -0.3 is 15.8 Å². The number of nitrogens with one attached hydrogen (secondary N) is 1. The number of carbonyl (C=O) groups excluding carboxylic acids is 1. The van der Waals surface area contributed by atoms with Crippen LogP contribution < -0.4 is 15.8 Å². The smallest absolute Gasteiger partial charge is 0.223 e. The number of hydrogen-bond donors (Lipinski definition) is 2. The molecule has 20 heavy (non-hydrogen) atoms. The molecule has 4 heteroatoms. The van der Waals surface area contributed by atoms with E-state index < -0.39 is 0 Å². The van der Waals surface area contributed by atoms with Crippen LogP contribution in [0.5, 0.6) is 5.75 Å². The van der Waals surface area contributed by atoms with E-state index >= 15 is 0 Å². The lowest BCUT2D eigenvalue weighted by Gasteiger charge is -2.16. The molecule has 1 saturated carbocycles. The van der Waals surface area contributed by atoms with Gasteiger partial charge in [0.25, 0.3) is 0 Å². The second-order valence-corrected chi connectivity index (χ2v) is 5.83. The van der Waals surface area contributed by atoms with Gasteiger partial charge >= 0.3 is 0 Å². The molecule has 2 rings (SSSR count). The summed E-state index contributed by atoms with van der Waals surface area (Å²) in [6.45, 7) is 7.09. The fourth-order valence-electron chi connectivity index (χ4n) is 2.21. The number of benzene rings is 1. The van der Waals surface area contributed by atoms with Crippen molar-refractivity contribution >= 4 is 5.91 Å². The molecule has 1 atom stereocenters. The van der Waals surface area contributed by atoms with Crippen molar-refractivity contribution < 1.29 is 9.53 Å². The first-order valence-electron chi connectivity index (χ1n) is 7.23. The summed E-state index contributed by atoms with van der Waals surface area (Å²) in [5, 5.41) is 3.51. The fraction of sp³-hybridized carbons (Fsp3) is 0.562. The van der Waals surface area contributed by atoms with Crippen LogP contribution >= 0.6 is 0 Å². The lowest BCUT2D eigenvalue weighted by molar-refractivity contribution is -0.122. The lowest BCUT2D eigenvalue weighted by atomic mass is 10.1. The summed E-state index contributed by atoms with van der Waals surface area (Å²) in [5.74, 6) is 0.267. The van der Waals surface area contributed by atoms with Crippen LogP contribution in [0.25, 0.3) is 0 Å². The zero-order valence-corrected chi connectivity index (χ0v) is 12.5. The van der Waals surface area contributed by atoms with Crippen molar-refractivity contribution in [2.24, 2.45) is 11.7 Å². The minimum Gasteiger partial charge on any atom is -0.492 e. The molecule has 0 spiro atoms. The van der Waals surface area contributed by atoms with Crippen molar-refractivity contribution in [1.82, 2.24) is 5.32 Å². The van der Waals surface area contributed by atoms with Crippen LogP contribution in [0.4, 0.5) is 0 Å². The van der Waals surface area contributed by atoms with Gasteiger partial charge in [-0.05, 0) is 43.4 Å². The number of primary amides is 1. The van der Waals surface area contributed by atoms with E-state index in [9.17, 15) is 4.79 Å². The maximum Gasteiger partial charge on any atom is 0.223 e. The highest BCUT2D eigenvalue weighted by Gasteiger charge is 2.20. The van der Waals surface area contributed by atoms with Crippen LogP contribution in [0.1, 0.15) is 36.5 Å². The summed E-state index contributed by atoms with van der Waals surface area (Å²) in [5.41, 5.74) is 8.74. The van der Waals surface area contributed by atoms with Crippen LogP contribution in [0, 0.1) is 19.8 Å². The molecule has 0 heterocycles. The molecule has 110 valence electrons. The highest BCUT2D eigenvalue weighted by Crippen LogP contribution is 2.26. The lowest BCUT2D eigenvalue weighted by Crippen LogP contribution is -2.26. The Hall–Kier alpha value is -1.55. The topological polar surface area (TPSA) is 64.3 Å². The minimum atomic E-state index is -0.328. The van der Waals surface area contributed by atoms with E-state index in [1.54, 1.807) is 6.92 Å². The van der Waals surface area contributed by atoms with Gasteiger partial charge in [0.1, 0.15) is 5.75 Å². The summed E-state index contributed by atoms with van der Waals surface area (Å²) < 4.78 is 5.76. The average Bonchev–Trinajstić information content (AvgIpc) is 3.18. The number of rotatable bonds is 7. The van der Waals surface area contributed by atoms with Crippen molar-refractivity contribution in [3.63, 3.8) is 0 Å². The highest BCUT2D eigenvalue weighted by atomic mass is 16.5. The summed E-state index contributed by atoms with van der Waals surface area (Å²) in [6.07, 6.45) is 2.59. The molecule has 3 N–H and O–H groups in total. The second-order valence-electron chi connectivity index (χ2n) is 5.83. The van der Waals surface area contributed by atoms with Gasteiger partial charge in [0.05, 0.1) is 12.5 Å². The average molecular weight is 276 g/mol. The van der Waals surface area contributed by atoms with Crippen LogP contribution in [0.3, 0.4) is 0 Å². The normalized spacial score (nSPS) is 15.9. The van der Waals surface area contributed by atoms with Gasteiger partial charge in [-0.1, -0.05) is 19.1 Å². The maximum absolute atomic E-state index is 11.0. The molecular formula is C16H24N2O2. The van der Waals surface area contributed by atoms with Gasteiger partial charge in [-0.2, -0.15) is 0 Å². The van der Waals surface area contributed by atoms with Crippen LogP contribution in [-0.2, 0) is 11.3 Å². The molecule has 1 unspecified atom stereocenters. The van der Waals surface area contributed by atoms with E-state index in [1.807, 2.05) is 13.8 Å². The molecule has 0 radical (unpaired) electrons. The Morgan fingerprint density at radius 2 is 2.00 bits per heavy atom. The highest BCUT2D eigenvalue weighted by molar-refractivity contribution is 5.76. The van der Waals surface area contributed by atoms with E-state index in [1.165, 1.54) is 18.4 Å². The number of hydrogen-bond acceptors (Lipinski definition) is 3. The molecule has 1 aliphatic carbocycles. The zero-order valence-electron chi connectivity index (χ0n) is 12.5. The third kappa shape index (κ3) is 3.97. The third-order valence-electron chi connectivity index (χ3n) is 3.66. The predicted octanol–water partition coefficient (Wildman–Crippen LogP) is 2.06. The quantitative estimate of drug-likeness (QED) is 0.801. The van der Waals surface area contributed by atoms with Crippen molar-refractivity contribution in [2.45, 2.75) is 46.2 Å². The van der Waals surface area contributed by atoms with E-state index in [-0.39, 0.29) is 11.8 Å². The minimum absolute atomic E-state index is 0.273. The zero-order chi connectivity index (χ0) is 14.7. The molecule has 1 fully saturated rings. The molecule has 1 amide bonds. The van der Waals surface area contributed by atoms with Gasteiger partial charge in [0.2, 0.25) is 5.91 Å². The SMILES string of the molecule is Cc1cc(CNC2CC2)cc(C)c1OCC(C)C(N)=O. The number of aryl methyl sites for hydroxylation is 2. The van der Waals surface area contributed by atoms with Crippen LogP contribution in [0.15, 0.2) is 12.1 Å². The number of amides is 1. The Labute approximate surface area is 120 Å².